The molecule has 1 amide bonds. The number of nitrogens with zero attached hydrogens (tertiary/aromatic N) is 8. The number of aryl methyl sites for hydroxylation is 2. The molecule has 2 atom stereocenters. The highest BCUT2D eigenvalue weighted by molar-refractivity contribution is 5.90. The molecular weight excluding hydrogens is 363 g/mol. The first-order valence-electron chi connectivity index (χ1n) is 9.20. The number of fused-ring (bicyclic) bond motifs is 1. The van der Waals surface area contributed by atoms with E-state index in [-0.39, 0.29) is 17.8 Å². The maximum absolute atomic E-state index is 14.1. The van der Waals surface area contributed by atoms with Crippen molar-refractivity contribution in [3.05, 3.63) is 42.0 Å². The van der Waals surface area contributed by atoms with Crippen molar-refractivity contribution in [3.8, 4) is 0 Å². The van der Waals surface area contributed by atoms with Gasteiger partial charge < -0.3 is 9.47 Å². The maximum Gasteiger partial charge on any atom is 0.293 e. The van der Waals surface area contributed by atoms with E-state index >= 15 is 0 Å². The standard InChI is InChI=1S/C18H23FN8O/c1-12-4-5-21-18-22-16(23-27(12)18)17(28)25(3)10-14-8-13(19)9-26(14)11-15-20-6-7-24(15)2/h4-7,13-14H,8-11H2,1-3H3/t13-,14-/m0/s1. The van der Waals surface area contributed by atoms with Crippen molar-refractivity contribution in [2.45, 2.75) is 32.1 Å². The van der Waals surface area contributed by atoms with Crippen molar-refractivity contribution < 1.29 is 9.18 Å². The van der Waals surface area contributed by atoms with E-state index in [1.807, 2.05) is 29.6 Å². The minimum atomic E-state index is -0.908. The van der Waals surface area contributed by atoms with Crippen molar-refractivity contribution in [2.24, 2.45) is 7.05 Å². The first kappa shape index (κ1) is 18.5. The Bertz CT molecular complexity index is 999. The zero-order chi connectivity index (χ0) is 19.8. The predicted molar refractivity (Wildman–Crippen MR) is 99.4 cm³/mol. The average molecular weight is 386 g/mol. The Morgan fingerprint density at radius 3 is 2.89 bits per heavy atom. The molecule has 3 aromatic rings. The Balaban J connectivity index is 1.47. The predicted octanol–water partition coefficient (Wildman–Crippen LogP) is 0.851. The van der Waals surface area contributed by atoms with Gasteiger partial charge in [0, 0.05) is 57.5 Å². The van der Waals surface area contributed by atoms with Gasteiger partial charge in [0.15, 0.2) is 0 Å². The lowest BCUT2D eigenvalue weighted by atomic mass is 10.2. The van der Waals surface area contributed by atoms with Crippen LogP contribution < -0.4 is 0 Å². The van der Waals surface area contributed by atoms with E-state index in [1.54, 1.807) is 34.9 Å². The molecule has 0 unspecified atom stereocenters. The van der Waals surface area contributed by atoms with Crippen molar-refractivity contribution in [3.63, 3.8) is 0 Å². The molecule has 0 saturated carbocycles. The molecule has 0 radical (unpaired) electrons. The summed E-state index contributed by atoms with van der Waals surface area (Å²) < 4.78 is 17.6. The first-order chi connectivity index (χ1) is 13.4. The molecule has 0 spiro atoms. The number of carbonyl (C=O) groups is 1. The summed E-state index contributed by atoms with van der Waals surface area (Å²) in [7, 11) is 3.61. The Kier molecular flexibility index (Phi) is 4.80. The van der Waals surface area contributed by atoms with Gasteiger partial charge in [0.05, 0.1) is 6.54 Å². The number of imidazole rings is 1. The highest BCUT2D eigenvalue weighted by Gasteiger charge is 2.34. The van der Waals surface area contributed by atoms with Crippen LogP contribution in [0, 0.1) is 6.92 Å². The normalized spacial score (nSPS) is 20.1. The van der Waals surface area contributed by atoms with Crippen molar-refractivity contribution in [2.75, 3.05) is 20.1 Å². The molecule has 0 N–H and O–H groups in total. The number of hydrogen-bond donors (Lipinski definition) is 0. The summed E-state index contributed by atoms with van der Waals surface area (Å²) >= 11 is 0. The number of rotatable bonds is 5. The highest BCUT2D eigenvalue weighted by atomic mass is 19.1. The van der Waals surface area contributed by atoms with Gasteiger partial charge in [-0.05, 0) is 19.4 Å². The summed E-state index contributed by atoms with van der Waals surface area (Å²) in [6, 6.07) is 1.72. The molecule has 1 saturated heterocycles. The van der Waals surface area contributed by atoms with Crippen LogP contribution in [0.15, 0.2) is 24.7 Å². The molecule has 0 aromatic carbocycles. The second-order valence-electron chi connectivity index (χ2n) is 7.29. The number of aromatic nitrogens is 6. The molecule has 28 heavy (non-hydrogen) atoms. The van der Waals surface area contributed by atoms with Gasteiger partial charge in [-0.2, -0.15) is 4.98 Å². The van der Waals surface area contributed by atoms with Gasteiger partial charge in [-0.25, -0.2) is 18.9 Å². The lowest BCUT2D eigenvalue weighted by Crippen LogP contribution is -2.41. The zero-order valence-electron chi connectivity index (χ0n) is 16.2. The topological polar surface area (TPSA) is 84.5 Å². The second kappa shape index (κ2) is 7.27. The van der Waals surface area contributed by atoms with Crippen molar-refractivity contribution >= 4 is 11.7 Å². The number of hydrogen-bond acceptors (Lipinski definition) is 6. The monoisotopic (exact) mass is 386 g/mol. The zero-order valence-corrected chi connectivity index (χ0v) is 16.2. The number of halogens is 1. The fourth-order valence-corrected chi connectivity index (χ4v) is 3.60. The fraction of sp³-hybridized carbons (Fsp3) is 0.500. The molecule has 0 bridgehead atoms. The lowest BCUT2D eigenvalue weighted by molar-refractivity contribution is 0.0736. The maximum atomic E-state index is 14.1. The van der Waals surface area contributed by atoms with E-state index in [0.29, 0.717) is 31.8 Å². The first-order valence-corrected chi connectivity index (χ1v) is 9.20. The smallest absolute Gasteiger partial charge is 0.293 e. The van der Waals surface area contributed by atoms with Crippen LogP contribution in [-0.4, -0.2) is 77.2 Å². The van der Waals surface area contributed by atoms with Crippen LogP contribution in [0.4, 0.5) is 4.39 Å². The molecule has 4 heterocycles. The van der Waals surface area contributed by atoms with Crippen LogP contribution in [0.1, 0.15) is 28.6 Å². The van der Waals surface area contributed by atoms with Gasteiger partial charge in [-0.15, -0.1) is 5.10 Å². The fourth-order valence-electron chi connectivity index (χ4n) is 3.60. The van der Waals surface area contributed by atoms with Crippen LogP contribution in [0.5, 0.6) is 0 Å². The highest BCUT2D eigenvalue weighted by Crippen LogP contribution is 2.23. The molecule has 0 aliphatic carbocycles. The number of likely N-dealkylation sites (tertiary alicyclic amines) is 1. The molecule has 1 aliphatic heterocycles. The number of amides is 1. The Morgan fingerprint density at radius 1 is 1.36 bits per heavy atom. The van der Waals surface area contributed by atoms with Crippen LogP contribution in [-0.2, 0) is 13.6 Å². The molecule has 148 valence electrons. The Hall–Kier alpha value is -2.88. The molecule has 3 aromatic heterocycles. The largest absolute Gasteiger partial charge is 0.337 e. The minimum absolute atomic E-state index is 0.0856. The van der Waals surface area contributed by atoms with Gasteiger partial charge in [-0.3, -0.25) is 9.69 Å². The molecular formula is C18H23FN8O. The molecule has 1 aliphatic rings. The van der Waals surface area contributed by atoms with Gasteiger partial charge >= 0.3 is 0 Å². The van der Waals surface area contributed by atoms with Crippen LogP contribution in [0.2, 0.25) is 0 Å². The summed E-state index contributed by atoms with van der Waals surface area (Å²) in [6.45, 7) is 3.16. The van der Waals surface area contributed by atoms with Gasteiger partial charge in [0.1, 0.15) is 12.0 Å². The number of likely N-dealkylation sites (N-methyl/N-ethyl adjacent to an activating group) is 1. The summed E-state index contributed by atoms with van der Waals surface area (Å²) in [4.78, 5) is 29.1. The van der Waals surface area contributed by atoms with Crippen LogP contribution >= 0.6 is 0 Å². The van der Waals surface area contributed by atoms with E-state index in [4.69, 9.17) is 0 Å². The van der Waals surface area contributed by atoms with Gasteiger partial charge in [0.25, 0.3) is 11.7 Å². The molecule has 4 rings (SSSR count). The third-order valence-corrected chi connectivity index (χ3v) is 5.19. The Labute approximate surface area is 161 Å². The van der Waals surface area contributed by atoms with Gasteiger partial charge in [-0.1, -0.05) is 0 Å². The lowest BCUT2D eigenvalue weighted by Gasteiger charge is -2.27. The number of alkyl halides is 1. The van der Waals surface area contributed by atoms with Crippen molar-refractivity contribution in [1.82, 2.24) is 38.9 Å². The summed E-state index contributed by atoms with van der Waals surface area (Å²) in [6.07, 6.45) is 4.71. The third kappa shape index (κ3) is 3.47. The number of carbonyl (C=O) groups excluding carboxylic acids is 1. The third-order valence-electron chi connectivity index (χ3n) is 5.19. The Morgan fingerprint density at radius 2 is 2.18 bits per heavy atom. The van der Waals surface area contributed by atoms with Crippen LogP contribution in [0.3, 0.4) is 0 Å². The van der Waals surface area contributed by atoms with E-state index in [1.165, 1.54) is 0 Å². The van der Waals surface area contributed by atoms with Crippen LogP contribution in [0.25, 0.3) is 5.78 Å². The van der Waals surface area contributed by atoms with Crippen molar-refractivity contribution in [1.29, 1.82) is 0 Å². The van der Waals surface area contributed by atoms with E-state index in [9.17, 15) is 9.18 Å². The SMILES string of the molecule is Cc1ccnc2nc(C(=O)N(C)C[C@@H]3C[C@H](F)CN3Cc3nccn3C)nn12. The second-order valence-corrected chi connectivity index (χ2v) is 7.29. The van der Waals surface area contributed by atoms with E-state index in [2.05, 4.69) is 20.1 Å². The molecule has 9 nitrogen and oxygen atoms in total. The molecule has 10 heteroatoms. The minimum Gasteiger partial charge on any atom is -0.337 e. The van der Waals surface area contributed by atoms with Gasteiger partial charge in [0.2, 0.25) is 5.82 Å². The average Bonchev–Trinajstić information content (AvgIpc) is 3.35. The molecule has 1 fully saturated rings. The summed E-state index contributed by atoms with van der Waals surface area (Å²) in [5, 5.41) is 4.27. The van der Waals surface area contributed by atoms with E-state index < -0.39 is 6.17 Å². The summed E-state index contributed by atoms with van der Waals surface area (Å²) in [5.74, 6) is 1.05. The summed E-state index contributed by atoms with van der Waals surface area (Å²) in [5.41, 5.74) is 0.844. The quantitative estimate of drug-likeness (QED) is 0.646. The van der Waals surface area contributed by atoms with E-state index in [0.717, 1.165) is 11.5 Å².